The first-order valence-corrected chi connectivity index (χ1v) is 8.17. The summed E-state index contributed by atoms with van der Waals surface area (Å²) in [6.45, 7) is -0.226. The maximum Gasteiger partial charge on any atom is 0.244 e. The summed E-state index contributed by atoms with van der Waals surface area (Å²) in [6.07, 6.45) is 1.24. The van der Waals surface area contributed by atoms with Crippen molar-refractivity contribution in [3.63, 3.8) is 0 Å². The average Bonchev–Trinajstić information content (AvgIpc) is 3.08. The van der Waals surface area contributed by atoms with E-state index in [1.54, 1.807) is 6.07 Å². The summed E-state index contributed by atoms with van der Waals surface area (Å²) < 4.78 is 32.8. The lowest BCUT2D eigenvalue weighted by molar-refractivity contribution is 0.246. The first kappa shape index (κ1) is 15.1. The van der Waals surface area contributed by atoms with Crippen molar-refractivity contribution in [1.29, 1.82) is 0 Å². The molecule has 2 N–H and O–H groups in total. The van der Waals surface area contributed by atoms with E-state index in [4.69, 9.17) is 16.3 Å². The van der Waals surface area contributed by atoms with E-state index in [1.807, 2.05) is 0 Å². The Morgan fingerprint density at radius 1 is 1.53 bits per heavy atom. The van der Waals surface area contributed by atoms with Crippen LogP contribution in [0.4, 0.5) is 0 Å². The molecule has 0 heterocycles. The molecule has 1 saturated carbocycles. The Labute approximate surface area is 125 Å². The number of aliphatic hydroxyl groups excluding tert-OH is 1. The van der Waals surface area contributed by atoms with Gasteiger partial charge in [-0.3, -0.25) is 0 Å². The smallest absolute Gasteiger partial charge is 0.244 e. The number of aliphatic hydroxyl groups is 1. The molecule has 0 amide bonds. The van der Waals surface area contributed by atoms with E-state index < -0.39 is 15.6 Å². The highest BCUT2D eigenvalue weighted by Crippen LogP contribution is 2.39. The number of benzene rings is 1. The van der Waals surface area contributed by atoms with Crippen molar-refractivity contribution >= 4 is 37.6 Å². The monoisotopic (exact) mass is 369 g/mol. The van der Waals surface area contributed by atoms with Crippen LogP contribution in [0.2, 0.25) is 5.02 Å². The highest BCUT2D eigenvalue weighted by Gasteiger charge is 2.46. The second kappa shape index (κ2) is 5.21. The van der Waals surface area contributed by atoms with Crippen LogP contribution in [-0.2, 0) is 10.0 Å². The highest BCUT2D eigenvalue weighted by molar-refractivity contribution is 9.10. The molecule has 106 valence electrons. The fraction of sp³-hybridized carbons (Fsp3) is 0.455. The molecule has 1 aliphatic carbocycles. The SMILES string of the molecule is COc1c(Br)cc(Cl)cc1S(=O)(=O)NC1(CO)CC1. The molecule has 0 aliphatic heterocycles. The van der Waals surface area contributed by atoms with E-state index in [9.17, 15) is 13.5 Å². The summed E-state index contributed by atoms with van der Waals surface area (Å²) in [5.74, 6) is 0.186. The minimum absolute atomic E-state index is 0.0471. The summed E-state index contributed by atoms with van der Waals surface area (Å²) in [5.41, 5.74) is -0.737. The predicted molar refractivity (Wildman–Crippen MR) is 75.1 cm³/mol. The predicted octanol–water partition coefficient (Wildman–Crippen LogP) is 1.91. The van der Waals surface area contributed by atoms with Gasteiger partial charge in [0.1, 0.15) is 4.90 Å². The Balaban J connectivity index is 2.45. The van der Waals surface area contributed by atoms with Crippen LogP contribution in [0.1, 0.15) is 12.8 Å². The Morgan fingerprint density at radius 3 is 2.63 bits per heavy atom. The molecule has 1 aromatic carbocycles. The van der Waals surface area contributed by atoms with Gasteiger partial charge in [-0.25, -0.2) is 13.1 Å². The zero-order valence-electron chi connectivity index (χ0n) is 10.1. The van der Waals surface area contributed by atoms with Crippen molar-refractivity contribution in [2.45, 2.75) is 23.3 Å². The second-order valence-corrected chi connectivity index (χ2v) is 7.40. The van der Waals surface area contributed by atoms with Crippen LogP contribution in [0.25, 0.3) is 0 Å². The molecule has 1 aromatic rings. The standard InChI is InChI=1S/C11H13BrClNO4S/c1-18-10-8(12)4-7(13)5-9(10)19(16,17)14-11(6-15)2-3-11/h4-5,14-15H,2-3,6H2,1H3. The average molecular weight is 371 g/mol. The van der Waals surface area contributed by atoms with Gasteiger partial charge in [0.15, 0.2) is 5.75 Å². The van der Waals surface area contributed by atoms with Crippen LogP contribution in [0.3, 0.4) is 0 Å². The molecule has 0 radical (unpaired) electrons. The summed E-state index contributed by atoms with van der Waals surface area (Å²) in [4.78, 5) is -0.0471. The normalized spacial score (nSPS) is 17.3. The molecule has 2 rings (SSSR count). The fourth-order valence-electron chi connectivity index (χ4n) is 1.72. The lowest BCUT2D eigenvalue weighted by Gasteiger charge is -2.17. The number of methoxy groups -OCH3 is 1. The van der Waals surface area contributed by atoms with E-state index in [2.05, 4.69) is 20.7 Å². The summed E-state index contributed by atoms with van der Waals surface area (Å²) in [7, 11) is -2.42. The highest BCUT2D eigenvalue weighted by atomic mass is 79.9. The van der Waals surface area contributed by atoms with Gasteiger partial charge in [-0.05, 0) is 40.9 Å². The van der Waals surface area contributed by atoms with E-state index in [-0.39, 0.29) is 22.3 Å². The number of sulfonamides is 1. The lowest BCUT2D eigenvalue weighted by Crippen LogP contribution is -2.39. The van der Waals surface area contributed by atoms with Crippen LogP contribution in [0.15, 0.2) is 21.5 Å². The quantitative estimate of drug-likeness (QED) is 0.830. The molecular weight excluding hydrogens is 358 g/mol. The van der Waals surface area contributed by atoms with Gasteiger partial charge in [0.05, 0.1) is 23.7 Å². The van der Waals surface area contributed by atoms with Crippen LogP contribution in [0, 0.1) is 0 Å². The maximum atomic E-state index is 12.3. The molecule has 19 heavy (non-hydrogen) atoms. The Morgan fingerprint density at radius 2 is 2.16 bits per heavy atom. The van der Waals surface area contributed by atoms with Gasteiger partial charge in [0, 0.05) is 5.02 Å². The van der Waals surface area contributed by atoms with Gasteiger partial charge in [-0.2, -0.15) is 0 Å². The molecule has 5 nitrogen and oxygen atoms in total. The molecule has 0 aromatic heterocycles. The number of hydrogen-bond acceptors (Lipinski definition) is 4. The minimum atomic E-state index is -3.80. The van der Waals surface area contributed by atoms with Gasteiger partial charge in [0.25, 0.3) is 0 Å². The number of rotatable bonds is 5. The maximum absolute atomic E-state index is 12.3. The number of hydrogen-bond donors (Lipinski definition) is 2. The first-order valence-electron chi connectivity index (χ1n) is 5.51. The summed E-state index contributed by atoms with van der Waals surface area (Å²) >= 11 is 9.09. The number of halogens is 2. The lowest BCUT2D eigenvalue weighted by atomic mass is 10.3. The molecule has 8 heteroatoms. The van der Waals surface area contributed by atoms with Crippen molar-refractivity contribution < 1.29 is 18.3 Å². The molecule has 0 unspecified atom stereocenters. The van der Waals surface area contributed by atoms with E-state index in [0.29, 0.717) is 17.3 Å². The van der Waals surface area contributed by atoms with Gasteiger partial charge in [0.2, 0.25) is 10.0 Å². The molecule has 0 saturated heterocycles. The molecular formula is C11H13BrClNO4S. The fourth-order valence-corrected chi connectivity index (χ4v) is 4.55. The third kappa shape index (κ3) is 3.05. The van der Waals surface area contributed by atoms with Crippen molar-refractivity contribution in [1.82, 2.24) is 4.72 Å². The van der Waals surface area contributed by atoms with Gasteiger partial charge in [-0.15, -0.1) is 0 Å². The van der Waals surface area contributed by atoms with E-state index in [0.717, 1.165) is 0 Å². The summed E-state index contributed by atoms with van der Waals surface area (Å²) in [6, 6.07) is 2.87. The van der Waals surface area contributed by atoms with Crippen molar-refractivity contribution in [2.75, 3.05) is 13.7 Å². The van der Waals surface area contributed by atoms with Crippen LogP contribution in [-0.4, -0.2) is 32.8 Å². The van der Waals surface area contributed by atoms with Gasteiger partial charge < -0.3 is 9.84 Å². The van der Waals surface area contributed by atoms with Gasteiger partial charge in [-0.1, -0.05) is 11.6 Å². The molecule has 0 spiro atoms. The zero-order valence-corrected chi connectivity index (χ0v) is 13.3. The van der Waals surface area contributed by atoms with Crippen molar-refractivity contribution in [3.05, 3.63) is 21.6 Å². The van der Waals surface area contributed by atoms with Gasteiger partial charge >= 0.3 is 0 Å². The van der Waals surface area contributed by atoms with Crippen LogP contribution < -0.4 is 9.46 Å². The summed E-state index contributed by atoms with van der Waals surface area (Å²) in [5, 5.41) is 9.49. The van der Waals surface area contributed by atoms with Crippen molar-refractivity contribution in [2.24, 2.45) is 0 Å². The molecule has 1 aliphatic rings. The third-order valence-electron chi connectivity index (χ3n) is 2.98. The first-order chi connectivity index (χ1) is 8.83. The zero-order chi connectivity index (χ0) is 14.3. The second-order valence-electron chi connectivity index (χ2n) is 4.46. The third-order valence-corrected chi connectivity index (χ3v) is 5.37. The molecule has 0 atom stereocenters. The Bertz CT molecular complexity index is 601. The topological polar surface area (TPSA) is 75.6 Å². The van der Waals surface area contributed by atoms with Crippen LogP contribution in [0.5, 0.6) is 5.75 Å². The van der Waals surface area contributed by atoms with Crippen molar-refractivity contribution in [3.8, 4) is 5.75 Å². The Kier molecular flexibility index (Phi) is 4.13. The van der Waals surface area contributed by atoms with Crippen LogP contribution >= 0.6 is 27.5 Å². The van der Waals surface area contributed by atoms with E-state index >= 15 is 0 Å². The molecule has 0 bridgehead atoms. The Hall–Kier alpha value is -0.340. The molecule has 1 fully saturated rings. The number of nitrogens with one attached hydrogen (secondary N) is 1. The largest absolute Gasteiger partial charge is 0.494 e. The number of ether oxygens (including phenoxy) is 1. The van der Waals surface area contributed by atoms with E-state index in [1.165, 1.54) is 13.2 Å². The minimum Gasteiger partial charge on any atom is -0.494 e.